The highest BCUT2D eigenvalue weighted by atomic mass is 35.5. The number of rotatable bonds is 6. The zero-order valence-corrected chi connectivity index (χ0v) is 15.7. The van der Waals surface area contributed by atoms with Gasteiger partial charge in [-0.2, -0.15) is 0 Å². The number of anilines is 2. The minimum atomic E-state index is -0.683. The van der Waals surface area contributed by atoms with Crippen molar-refractivity contribution in [2.45, 2.75) is 25.3 Å². The van der Waals surface area contributed by atoms with Crippen LogP contribution in [-0.4, -0.2) is 25.0 Å². The number of urea groups is 1. The standard InChI is InChI=1S/C20H23ClN4O2/c21-15-5-3-14(4-6-15)18(24-20(22)27)13-19(26)23-16-7-9-17(10-8-16)25-11-1-2-12-25/h3-10,18H,1-2,11-13H2,(H,23,26)(H3,22,24,27)/t18-/m0/s1. The Bertz CT molecular complexity index is 787. The van der Waals surface area contributed by atoms with Gasteiger partial charge in [0.15, 0.2) is 0 Å². The summed E-state index contributed by atoms with van der Waals surface area (Å²) >= 11 is 5.90. The van der Waals surface area contributed by atoms with E-state index in [-0.39, 0.29) is 12.3 Å². The van der Waals surface area contributed by atoms with E-state index in [1.165, 1.54) is 18.5 Å². The summed E-state index contributed by atoms with van der Waals surface area (Å²) in [5, 5.41) is 6.06. The van der Waals surface area contributed by atoms with E-state index in [1.807, 2.05) is 24.3 Å². The van der Waals surface area contributed by atoms with Crippen LogP contribution >= 0.6 is 11.6 Å². The first-order chi connectivity index (χ1) is 13.0. The first-order valence-electron chi connectivity index (χ1n) is 8.97. The highest BCUT2D eigenvalue weighted by Gasteiger charge is 2.18. The van der Waals surface area contributed by atoms with Gasteiger partial charge in [0.05, 0.1) is 12.5 Å². The molecule has 0 saturated carbocycles. The molecule has 0 spiro atoms. The van der Waals surface area contributed by atoms with E-state index in [0.29, 0.717) is 5.02 Å². The largest absolute Gasteiger partial charge is 0.372 e. The summed E-state index contributed by atoms with van der Waals surface area (Å²) in [5.41, 5.74) is 7.90. The summed E-state index contributed by atoms with van der Waals surface area (Å²) in [4.78, 5) is 26.1. The molecule has 1 heterocycles. The summed E-state index contributed by atoms with van der Waals surface area (Å²) in [6.45, 7) is 2.15. The number of nitrogens with one attached hydrogen (secondary N) is 2. The molecule has 1 atom stereocenters. The van der Waals surface area contributed by atoms with Crippen molar-refractivity contribution in [3.05, 3.63) is 59.1 Å². The molecule has 0 aliphatic carbocycles. The summed E-state index contributed by atoms with van der Waals surface area (Å²) in [7, 11) is 0. The van der Waals surface area contributed by atoms with Crippen molar-refractivity contribution in [3.63, 3.8) is 0 Å². The quantitative estimate of drug-likeness (QED) is 0.707. The monoisotopic (exact) mass is 386 g/mol. The van der Waals surface area contributed by atoms with Crippen LogP contribution in [0.25, 0.3) is 0 Å². The van der Waals surface area contributed by atoms with E-state index in [1.54, 1.807) is 24.3 Å². The fourth-order valence-electron chi connectivity index (χ4n) is 3.25. The molecule has 1 aliphatic rings. The molecule has 1 aliphatic heterocycles. The molecule has 2 aromatic rings. The van der Waals surface area contributed by atoms with Gasteiger partial charge in [-0.15, -0.1) is 0 Å². The van der Waals surface area contributed by atoms with Crippen molar-refractivity contribution >= 4 is 34.9 Å². The number of amides is 3. The van der Waals surface area contributed by atoms with Crippen molar-refractivity contribution in [3.8, 4) is 0 Å². The normalized spacial score (nSPS) is 14.6. The lowest BCUT2D eigenvalue weighted by Crippen LogP contribution is -2.35. The Morgan fingerprint density at radius 3 is 2.26 bits per heavy atom. The van der Waals surface area contributed by atoms with Crippen LogP contribution in [0.4, 0.5) is 16.2 Å². The van der Waals surface area contributed by atoms with Crippen LogP contribution in [0, 0.1) is 0 Å². The maximum absolute atomic E-state index is 12.4. The fraction of sp³-hybridized carbons (Fsp3) is 0.300. The number of hydrogen-bond donors (Lipinski definition) is 3. The number of hydrogen-bond acceptors (Lipinski definition) is 3. The molecule has 0 bridgehead atoms. The zero-order valence-electron chi connectivity index (χ0n) is 15.0. The van der Waals surface area contributed by atoms with Crippen molar-refractivity contribution in [1.29, 1.82) is 0 Å². The highest BCUT2D eigenvalue weighted by Crippen LogP contribution is 2.23. The smallest absolute Gasteiger partial charge is 0.312 e. The molecule has 1 saturated heterocycles. The van der Waals surface area contributed by atoms with Crippen molar-refractivity contribution < 1.29 is 9.59 Å². The molecule has 0 radical (unpaired) electrons. The van der Waals surface area contributed by atoms with Gasteiger partial charge in [-0.05, 0) is 54.8 Å². The minimum absolute atomic E-state index is 0.0679. The van der Waals surface area contributed by atoms with E-state index in [4.69, 9.17) is 17.3 Å². The van der Waals surface area contributed by atoms with Gasteiger partial charge >= 0.3 is 6.03 Å². The molecule has 142 valence electrons. The number of nitrogens with two attached hydrogens (primary N) is 1. The van der Waals surface area contributed by atoms with E-state index in [9.17, 15) is 9.59 Å². The molecule has 4 N–H and O–H groups in total. The number of halogens is 1. The Hall–Kier alpha value is -2.73. The van der Waals surface area contributed by atoms with Crippen LogP contribution in [-0.2, 0) is 4.79 Å². The van der Waals surface area contributed by atoms with Crippen LogP contribution < -0.4 is 21.3 Å². The summed E-state index contributed by atoms with van der Waals surface area (Å²) in [5.74, 6) is -0.211. The van der Waals surface area contributed by atoms with Crippen LogP contribution in [0.5, 0.6) is 0 Å². The second kappa shape index (κ2) is 8.77. The molecule has 27 heavy (non-hydrogen) atoms. The van der Waals surface area contributed by atoms with Crippen LogP contribution in [0.15, 0.2) is 48.5 Å². The SMILES string of the molecule is NC(=O)N[C@@H](CC(=O)Nc1ccc(N2CCCC2)cc1)c1ccc(Cl)cc1. The molecule has 6 nitrogen and oxygen atoms in total. The van der Waals surface area contributed by atoms with E-state index in [2.05, 4.69) is 15.5 Å². The third-order valence-electron chi connectivity index (χ3n) is 4.60. The number of carbonyl (C=O) groups excluding carboxylic acids is 2. The third kappa shape index (κ3) is 5.37. The maximum atomic E-state index is 12.4. The van der Waals surface area contributed by atoms with Gasteiger partial charge in [-0.1, -0.05) is 23.7 Å². The van der Waals surface area contributed by atoms with Crippen molar-refractivity contribution in [2.75, 3.05) is 23.3 Å². The predicted molar refractivity (Wildman–Crippen MR) is 108 cm³/mol. The van der Waals surface area contributed by atoms with E-state index >= 15 is 0 Å². The summed E-state index contributed by atoms with van der Waals surface area (Å²) < 4.78 is 0. The summed E-state index contributed by atoms with van der Waals surface area (Å²) in [6, 6.07) is 13.6. The lowest BCUT2D eigenvalue weighted by Gasteiger charge is -2.19. The zero-order chi connectivity index (χ0) is 19.2. The predicted octanol–water partition coefficient (Wildman–Crippen LogP) is 3.68. The molecule has 0 unspecified atom stereocenters. The second-order valence-electron chi connectivity index (χ2n) is 6.61. The first-order valence-corrected chi connectivity index (χ1v) is 9.35. The van der Waals surface area contributed by atoms with Gasteiger partial charge in [-0.25, -0.2) is 4.79 Å². The Balaban J connectivity index is 1.63. The molecule has 3 rings (SSSR count). The van der Waals surface area contributed by atoms with Gasteiger partial charge in [0, 0.05) is 29.5 Å². The minimum Gasteiger partial charge on any atom is -0.372 e. The van der Waals surface area contributed by atoms with Crippen molar-refractivity contribution in [2.24, 2.45) is 5.73 Å². The molecule has 7 heteroatoms. The molecule has 2 aromatic carbocycles. The number of carbonyl (C=O) groups is 2. The maximum Gasteiger partial charge on any atom is 0.312 e. The van der Waals surface area contributed by atoms with Crippen LogP contribution in [0.2, 0.25) is 5.02 Å². The Kier molecular flexibility index (Phi) is 6.19. The Morgan fingerprint density at radius 1 is 1.04 bits per heavy atom. The average Bonchev–Trinajstić information content (AvgIpc) is 3.17. The van der Waals surface area contributed by atoms with E-state index in [0.717, 1.165) is 24.3 Å². The Morgan fingerprint density at radius 2 is 1.67 bits per heavy atom. The number of primary amides is 1. The van der Waals surface area contributed by atoms with Crippen LogP contribution in [0.1, 0.15) is 30.9 Å². The third-order valence-corrected chi connectivity index (χ3v) is 4.85. The lowest BCUT2D eigenvalue weighted by atomic mass is 10.0. The average molecular weight is 387 g/mol. The number of nitrogens with zero attached hydrogens (tertiary/aromatic N) is 1. The molecule has 0 aromatic heterocycles. The Labute approximate surface area is 163 Å². The van der Waals surface area contributed by atoms with Gasteiger partial charge in [0.25, 0.3) is 0 Å². The highest BCUT2D eigenvalue weighted by molar-refractivity contribution is 6.30. The van der Waals surface area contributed by atoms with Crippen LogP contribution in [0.3, 0.4) is 0 Å². The van der Waals surface area contributed by atoms with E-state index < -0.39 is 12.1 Å². The molecular weight excluding hydrogens is 364 g/mol. The number of benzene rings is 2. The van der Waals surface area contributed by atoms with Gasteiger partial charge in [0.2, 0.25) is 5.91 Å². The second-order valence-corrected chi connectivity index (χ2v) is 7.04. The molecule has 3 amide bonds. The molecular formula is C20H23ClN4O2. The lowest BCUT2D eigenvalue weighted by molar-refractivity contribution is -0.116. The van der Waals surface area contributed by atoms with Gasteiger partial charge < -0.3 is 21.3 Å². The fourth-order valence-corrected chi connectivity index (χ4v) is 3.37. The van der Waals surface area contributed by atoms with Crippen molar-refractivity contribution in [1.82, 2.24) is 5.32 Å². The topological polar surface area (TPSA) is 87.5 Å². The summed E-state index contributed by atoms with van der Waals surface area (Å²) in [6.07, 6.45) is 2.51. The first kappa shape index (κ1) is 19.0. The van der Waals surface area contributed by atoms with Gasteiger partial charge in [-0.3, -0.25) is 4.79 Å². The molecule has 1 fully saturated rings. The van der Waals surface area contributed by atoms with Gasteiger partial charge in [0.1, 0.15) is 0 Å².